The number of hydrogen-bond acceptors (Lipinski definition) is 7. The van der Waals surface area contributed by atoms with Gasteiger partial charge < -0.3 is 14.6 Å². The van der Waals surface area contributed by atoms with Crippen LogP contribution in [0, 0.1) is 5.82 Å². The minimum absolute atomic E-state index is 0.156. The van der Waals surface area contributed by atoms with Crippen molar-refractivity contribution >= 4 is 44.5 Å². The van der Waals surface area contributed by atoms with Gasteiger partial charge in [-0.25, -0.2) is 19.5 Å². The van der Waals surface area contributed by atoms with Crippen LogP contribution in [0.3, 0.4) is 0 Å². The summed E-state index contributed by atoms with van der Waals surface area (Å²) in [4.78, 5) is 24.1. The van der Waals surface area contributed by atoms with Crippen LogP contribution in [0.4, 0.5) is 15.8 Å². The number of nitrogens with two attached hydrogens (primary N) is 1. The van der Waals surface area contributed by atoms with Crippen molar-refractivity contribution in [2.45, 2.75) is 18.9 Å². The summed E-state index contributed by atoms with van der Waals surface area (Å²) < 4.78 is 40.9. The van der Waals surface area contributed by atoms with Gasteiger partial charge in [0.05, 0.1) is 11.4 Å². The molecule has 4 heterocycles. The molecular weight excluding hydrogens is 493 g/mol. The molecule has 10 nitrogen and oxygen atoms in total. The standard InChI is InChI=1S/C22H22FN7O3S2/c23-15-1-2-19(29-7-3-16(4-8-29)28-35(24,32)33)17(11-15)27-22(31)18-12-30-9-6-25-21(30)20(26-18)14-5-10-34-13-14/h1-2,5-6,9-13,16,28H,3-4,7-8H2,(H,27,31)(H2,24,32,33). The molecule has 0 saturated carbocycles. The molecule has 0 radical (unpaired) electrons. The number of aromatic nitrogens is 3. The van der Waals surface area contributed by atoms with Gasteiger partial charge in [0.2, 0.25) is 0 Å². The summed E-state index contributed by atoms with van der Waals surface area (Å²) in [6, 6.07) is 5.81. The minimum atomic E-state index is -3.79. The van der Waals surface area contributed by atoms with E-state index in [4.69, 9.17) is 5.14 Å². The predicted molar refractivity (Wildman–Crippen MR) is 132 cm³/mol. The summed E-state index contributed by atoms with van der Waals surface area (Å²) in [6.45, 7) is 1.01. The zero-order valence-corrected chi connectivity index (χ0v) is 20.0. The topological polar surface area (TPSA) is 135 Å². The van der Waals surface area contributed by atoms with Crippen molar-refractivity contribution in [1.29, 1.82) is 0 Å². The summed E-state index contributed by atoms with van der Waals surface area (Å²) in [5.41, 5.74) is 3.15. The number of piperidine rings is 1. The second kappa shape index (κ2) is 9.34. The van der Waals surface area contributed by atoms with E-state index < -0.39 is 21.9 Å². The van der Waals surface area contributed by atoms with E-state index in [-0.39, 0.29) is 11.7 Å². The van der Waals surface area contributed by atoms with Gasteiger partial charge in [0.1, 0.15) is 17.2 Å². The van der Waals surface area contributed by atoms with Gasteiger partial charge in [0.25, 0.3) is 16.1 Å². The number of nitrogens with one attached hydrogen (secondary N) is 2. The molecule has 0 atom stereocenters. The Morgan fingerprint density at radius 3 is 2.74 bits per heavy atom. The van der Waals surface area contributed by atoms with Crippen molar-refractivity contribution in [1.82, 2.24) is 19.1 Å². The molecule has 0 spiro atoms. The van der Waals surface area contributed by atoms with Gasteiger partial charge in [-0.1, -0.05) is 0 Å². The fraction of sp³-hybridized carbons (Fsp3) is 0.227. The van der Waals surface area contributed by atoms with E-state index in [9.17, 15) is 17.6 Å². The average Bonchev–Trinajstić information content (AvgIpc) is 3.50. The number of hydrogen-bond donors (Lipinski definition) is 3. The van der Waals surface area contributed by atoms with Crippen LogP contribution in [-0.4, -0.2) is 47.8 Å². The first-order chi connectivity index (χ1) is 16.8. The molecule has 182 valence electrons. The first-order valence-corrected chi connectivity index (χ1v) is 13.3. The highest BCUT2D eigenvalue weighted by Gasteiger charge is 2.24. The Labute approximate surface area is 204 Å². The quantitative estimate of drug-likeness (QED) is 0.361. The van der Waals surface area contributed by atoms with Gasteiger partial charge in [-0.3, -0.25) is 4.79 Å². The predicted octanol–water partition coefficient (Wildman–Crippen LogP) is 2.61. The highest BCUT2D eigenvalue weighted by atomic mass is 32.2. The SMILES string of the molecule is NS(=O)(=O)NC1CCN(c2ccc(F)cc2NC(=O)c2cn3ccnc3c(-c3ccsc3)n2)CC1. The first-order valence-electron chi connectivity index (χ1n) is 10.8. The number of fused-ring (bicyclic) bond motifs is 1. The van der Waals surface area contributed by atoms with Crippen LogP contribution >= 0.6 is 11.3 Å². The van der Waals surface area contributed by atoms with Gasteiger partial charge in [-0.15, -0.1) is 0 Å². The number of anilines is 2. The lowest BCUT2D eigenvalue weighted by molar-refractivity contribution is 0.102. The number of nitrogens with zero attached hydrogens (tertiary/aromatic N) is 4. The molecular formula is C22H22FN7O3S2. The Kier molecular flexibility index (Phi) is 6.23. The fourth-order valence-corrected chi connectivity index (χ4v) is 5.52. The third-order valence-corrected chi connectivity index (χ3v) is 7.12. The maximum Gasteiger partial charge on any atom is 0.275 e. The maximum atomic E-state index is 14.1. The minimum Gasteiger partial charge on any atom is -0.370 e. The van der Waals surface area contributed by atoms with Crippen molar-refractivity contribution in [3.63, 3.8) is 0 Å². The lowest BCUT2D eigenvalue weighted by Gasteiger charge is -2.34. The van der Waals surface area contributed by atoms with Crippen molar-refractivity contribution in [2.75, 3.05) is 23.3 Å². The molecule has 13 heteroatoms. The summed E-state index contributed by atoms with van der Waals surface area (Å²) in [6.07, 6.45) is 5.98. The second-order valence-corrected chi connectivity index (χ2v) is 10.3. The van der Waals surface area contributed by atoms with Gasteiger partial charge in [0.15, 0.2) is 5.65 Å². The Morgan fingerprint density at radius 1 is 1.23 bits per heavy atom. The third-order valence-electron chi connectivity index (χ3n) is 5.77. The molecule has 1 aliphatic rings. The molecule has 1 aliphatic heterocycles. The Balaban J connectivity index is 1.40. The Bertz CT molecular complexity index is 1480. The van der Waals surface area contributed by atoms with Crippen molar-refractivity contribution in [3.05, 3.63) is 65.1 Å². The normalized spacial score (nSPS) is 15.0. The zero-order chi connectivity index (χ0) is 24.6. The Morgan fingerprint density at radius 2 is 2.03 bits per heavy atom. The Hall–Kier alpha value is -3.39. The highest BCUT2D eigenvalue weighted by molar-refractivity contribution is 7.87. The van der Waals surface area contributed by atoms with E-state index in [2.05, 4.69) is 20.0 Å². The smallest absolute Gasteiger partial charge is 0.275 e. The number of carbonyl (C=O) groups is 1. The lowest BCUT2D eigenvalue weighted by Crippen LogP contribution is -2.46. The molecule has 3 aromatic heterocycles. The number of thiophene rings is 1. The average molecular weight is 516 g/mol. The number of amides is 1. The molecule has 4 aromatic rings. The van der Waals surface area contributed by atoms with Gasteiger partial charge in [-0.05, 0) is 42.5 Å². The third kappa shape index (κ3) is 5.17. The van der Waals surface area contributed by atoms with Gasteiger partial charge in [-0.2, -0.15) is 24.5 Å². The summed E-state index contributed by atoms with van der Waals surface area (Å²) in [5.74, 6) is -0.985. The first kappa shape index (κ1) is 23.4. The number of halogens is 1. The van der Waals surface area contributed by atoms with E-state index in [1.54, 1.807) is 29.1 Å². The molecule has 5 rings (SSSR count). The van der Waals surface area contributed by atoms with Crippen LogP contribution in [0.25, 0.3) is 16.9 Å². The van der Waals surface area contributed by atoms with Crippen LogP contribution in [0.1, 0.15) is 23.3 Å². The van der Waals surface area contributed by atoms with Crippen LogP contribution < -0.4 is 20.1 Å². The van der Waals surface area contributed by atoms with E-state index in [0.717, 1.165) is 5.56 Å². The molecule has 0 unspecified atom stereocenters. The van der Waals surface area contributed by atoms with Crippen molar-refractivity contribution < 1.29 is 17.6 Å². The summed E-state index contributed by atoms with van der Waals surface area (Å²) >= 11 is 1.52. The largest absolute Gasteiger partial charge is 0.370 e. The monoisotopic (exact) mass is 515 g/mol. The van der Waals surface area contributed by atoms with Crippen LogP contribution in [-0.2, 0) is 10.2 Å². The van der Waals surface area contributed by atoms with E-state index in [1.807, 2.05) is 21.7 Å². The van der Waals surface area contributed by atoms with E-state index >= 15 is 0 Å². The molecule has 0 bridgehead atoms. The molecule has 35 heavy (non-hydrogen) atoms. The van der Waals surface area contributed by atoms with E-state index in [1.165, 1.54) is 23.5 Å². The van der Waals surface area contributed by atoms with Crippen molar-refractivity contribution in [2.24, 2.45) is 5.14 Å². The van der Waals surface area contributed by atoms with Crippen LogP contribution in [0.2, 0.25) is 0 Å². The number of imidazole rings is 1. The second-order valence-electron chi connectivity index (χ2n) is 8.18. The number of carbonyl (C=O) groups excluding carboxylic acids is 1. The maximum absolute atomic E-state index is 14.1. The van der Waals surface area contributed by atoms with E-state index in [0.29, 0.717) is 48.6 Å². The van der Waals surface area contributed by atoms with Crippen LogP contribution in [0.15, 0.2) is 53.6 Å². The van der Waals surface area contributed by atoms with Crippen molar-refractivity contribution in [3.8, 4) is 11.3 Å². The lowest BCUT2D eigenvalue weighted by atomic mass is 10.0. The van der Waals surface area contributed by atoms with Gasteiger partial charge in [0, 0.05) is 48.7 Å². The highest BCUT2D eigenvalue weighted by Crippen LogP contribution is 2.30. The van der Waals surface area contributed by atoms with Gasteiger partial charge >= 0.3 is 0 Å². The van der Waals surface area contributed by atoms with Crippen LogP contribution in [0.5, 0.6) is 0 Å². The molecule has 1 aromatic carbocycles. The zero-order valence-electron chi connectivity index (χ0n) is 18.4. The number of benzene rings is 1. The summed E-state index contributed by atoms with van der Waals surface area (Å²) in [7, 11) is -3.79. The molecule has 4 N–H and O–H groups in total. The summed E-state index contributed by atoms with van der Waals surface area (Å²) in [5, 5.41) is 11.7. The molecule has 1 fully saturated rings. The molecule has 0 aliphatic carbocycles. The fourth-order valence-electron chi connectivity index (χ4n) is 4.17. The molecule has 1 saturated heterocycles. The molecule has 1 amide bonds. The number of rotatable bonds is 6.